The molecule has 0 bridgehead atoms. The van der Waals surface area contributed by atoms with Gasteiger partial charge >= 0.3 is 6.18 Å². The number of rotatable bonds is 6. The van der Waals surface area contributed by atoms with E-state index in [2.05, 4.69) is 15.4 Å². The Hall–Kier alpha value is -3.79. The highest BCUT2D eigenvalue weighted by Gasteiger charge is 2.35. The monoisotopic (exact) mass is 490 g/mol. The van der Waals surface area contributed by atoms with Crippen LogP contribution < -0.4 is 14.8 Å². The third-order valence-electron chi connectivity index (χ3n) is 5.03. The molecular formula is C23H18ClF3N4O3. The van der Waals surface area contributed by atoms with E-state index in [0.29, 0.717) is 32.2 Å². The van der Waals surface area contributed by atoms with E-state index in [1.807, 2.05) is 0 Å². The van der Waals surface area contributed by atoms with Crippen molar-refractivity contribution in [1.29, 1.82) is 0 Å². The van der Waals surface area contributed by atoms with Crippen molar-refractivity contribution < 1.29 is 27.4 Å². The van der Waals surface area contributed by atoms with Crippen molar-refractivity contribution in [2.75, 3.05) is 14.2 Å². The maximum absolute atomic E-state index is 13.9. The lowest BCUT2D eigenvalue weighted by Crippen LogP contribution is -2.23. The smallest absolute Gasteiger partial charge is 0.433 e. The van der Waals surface area contributed by atoms with Crippen molar-refractivity contribution in [1.82, 2.24) is 19.9 Å². The van der Waals surface area contributed by atoms with Crippen LogP contribution in [0.4, 0.5) is 13.2 Å². The van der Waals surface area contributed by atoms with E-state index in [0.717, 1.165) is 6.07 Å². The molecule has 11 heteroatoms. The van der Waals surface area contributed by atoms with E-state index in [-0.39, 0.29) is 23.6 Å². The lowest BCUT2D eigenvalue weighted by Gasteiger charge is -2.12. The molecule has 0 unspecified atom stereocenters. The van der Waals surface area contributed by atoms with Crippen LogP contribution in [0.3, 0.4) is 0 Å². The molecule has 34 heavy (non-hydrogen) atoms. The molecule has 0 aliphatic rings. The summed E-state index contributed by atoms with van der Waals surface area (Å²) < 4.78 is 52.6. The van der Waals surface area contributed by atoms with E-state index < -0.39 is 17.8 Å². The summed E-state index contributed by atoms with van der Waals surface area (Å²) in [5, 5.41) is 6.92. The third-order valence-corrected chi connectivity index (χ3v) is 5.40. The number of nitrogens with one attached hydrogen (secondary N) is 1. The molecule has 2 heterocycles. The van der Waals surface area contributed by atoms with Crippen LogP contribution in [0.25, 0.3) is 16.9 Å². The highest BCUT2D eigenvalue weighted by molar-refractivity contribution is 6.31. The van der Waals surface area contributed by atoms with Crippen molar-refractivity contribution in [3.63, 3.8) is 0 Å². The number of carbonyl (C=O) groups is 1. The molecule has 7 nitrogen and oxygen atoms in total. The van der Waals surface area contributed by atoms with Crippen LogP contribution in [0.2, 0.25) is 5.02 Å². The molecule has 0 spiro atoms. The molecule has 4 rings (SSSR count). The fourth-order valence-electron chi connectivity index (χ4n) is 3.34. The Bertz CT molecular complexity index is 1370. The van der Waals surface area contributed by atoms with Gasteiger partial charge in [0.25, 0.3) is 5.91 Å². The van der Waals surface area contributed by atoms with Crippen molar-refractivity contribution in [3.8, 4) is 22.8 Å². The second-order valence-electron chi connectivity index (χ2n) is 7.17. The standard InChI is InChI=1S/C23H18ClF3N4O3/c1-33-18-8-7-13(9-19(18)34-2)16-10-20(23(25,26)27)31-21(29-16)11-17(30-31)22(32)28-12-14-5-3-4-6-15(14)24/h3-11H,12H2,1-2H3,(H,28,32). The zero-order chi connectivity index (χ0) is 24.5. The lowest BCUT2D eigenvalue weighted by atomic mass is 10.1. The average molecular weight is 491 g/mol. The zero-order valence-corrected chi connectivity index (χ0v) is 18.7. The summed E-state index contributed by atoms with van der Waals surface area (Å²) >= 11 is 6.08. The summed E-state index contributed by atoms with van der Waals surface area (Å²) in [6.45, 7) is 0.0861. The van der Waals surface area contributed by atoms with Gasteiger partial charge in [-0.15, -0.1) is 0 Å². The number of nitrogens with zero attached hydrogens (tertiary/aromatic N) is 3. The van der Waals surface area contributed by atoms with Crippen LogP contribution >= 0.6 is 11.6 Å². The van der Waals surface area contributed by atoms with Crippen molar-refractivity contribution in [3.05, 3.63) is 76.6 Å². The summed E-state index contributed by atoms with van der Waals surface area (Å²) in [6, 6.07) is 13.6. The van der Waals surface area contributed by atoms with E-state index in [4.69, 9.17) is 21.1 Å². The van der Waals surface area contributed by atoms with Crippen LogP contribution in [0.15, 0.2) is 54.6 Å². The minimum Gasteiger partial charge on any atom is -0.493 e. The normalized spacial score (nSPS) is 11.5. The average Bonchev–Trinajstić information content (AvgIpc) is 3.26. The zero-order valence-electron chi connectivity index (χ0n) is 18.0. The molecule has 2 aromatic heterocycles. The van der Waals surface area contributed by atoms with Crippen molar-refractivity contribution in [2.24, 2.45) is 0 Å². The molecule has 0 fully saturated rings. The summed E-state index contributed by atoms with van der Waals surface area (Å²) in [4.78, 5) is 16.9. The number of aromatic nitrogens is 3. The molecule has 4 aromatic rings. The van der Waals surface area contributed by atoms with Gasteiger partial charge in [-0.2, -0.15) is 18.3 Å². The summed E-state index contributed by atoms with van der Waals surface area (Å²) in [5.74, 6) is 0.0970. The molecule has 0 atom stereocenters. The van der Waals surface area contributed by atoms with Crippen LogP contribution in [-0.4, -0.2) is 34.7 Å². The number of amides is 1. The lowest BCUT2D eigenvalue weighted by molar-refractivity contribution is -0.142. The van der Waals surface area contributed by atoms with Gasteiger partial charge in [-0.25, -0.2) is 9.50 Å². The number of ether oxygens (including phenoxy) is 2. The molecule has 176 valence electrons. The quantitative estimate of drug-likeness (QED) is 0.411. The number of carbonyl (C=O) groups excluding carboxylic acids is 1. The summed E-state index contributed by atoms with van der Waals surface area (Å²) in [6.07, 6.45) is -4.75. The minimum absolute atomic E-state index is 0.0312. The van der Waals surface area contributed by atoms with Crippen LogP contribution in [-0.2, 0) is 12.7 Å². The maximum Gasteiger partial charge on any atom is 0.433 e. The molecule has 1 amide bonds. The van der Waals surface area contributed by atoms with Gasteiger partial charge < -0.3 is 14.8 Å². The van der Waals surface area contributed by atoms with Crippen LogP contribution in [0.1, 0.15) is 21.7 Å². The Balaban J connectivity index is 1.73. The van der Waals surface area contributed by atoms with Crippen molar-refractivity contribution >= 4 is 23.2 Å². The fraction of sp³-hybridized carbons (Fsp3) is 0.174. The topological polar surface area (TPSA) is 77.8 Å². The molecule has 0 saturated heterocycles. The first kappa shape index (κ1) is 23.4. The van der Waals surface area contributed by atoms with Gasteiger partial charge in [0.15, 0.2) is 28.5 Å². The third kappa shape index (κ3) is 4.62. The predicted molar refractivity (Wildman–Crippen MR) is 119 cm³/mol. The van der Waals surface area contributed by atoms with Gasteiger partial charge in [-0.05, 0) is 35.9 Å². The first-order valence-corrected chi connectivity index (χ1v) is 10.3. The number of hydrogen-bond acceptors (Lipinski definition) is 5. The Morgan fingerprint density at radius 1 is 1.06 bits per heavy atom. The second kappa shape index (κ2) is 9.22. The minimum atomic E-state index is -4.75. The predicted octanol–water partition coefficient (Wildman–Crippen LogP) is 5.02. The van der Waals surface area contributed by atoms with E-state index in [1.54, 1.807) is 36.4 Å². The Morgan fingerprint density at radius 2 is 1.79 bits per heavy atom. The molecule has 2 aromatic carbocycles. The first-order chi connectivity index (χ1) is 16.2. The molecular weight excluding hydrogens is 473 g/mol. The van der Waals surface area contributed by atoms with E-state index in [1.165, 1.54) is 26.4 Å². The first-order valence-electron chi connectivity index (χ1n) is 9.93. The number of alkyl halides is 3. The number of fused-ring (bicyclic) bond motifs is 1. The van der Waals surface area contributed by atoms with Gasteiger partial charge in [0.05, 0.1) is 19.9 Å². The summed E-state index contributed by atoms with van der Waals surface area (Å²) in [5.41, 5.74) is -0.365. The largest absolute Gasteiger partial charge is 0.493 e. The second-order valence-corrected chi connectivity index (χ2v) is 7.58. The molecule has 1 N–H and O–H groups in total. The number of methoxy groups -OCH3 is 2. The Morgan fingerprint density at radius 3 is 2.47 bits per heavy atom. The van der Waals surface area contributed by atoms with Crippen LogP contribution in [0.5, 0.6) is 11.5 Å². The van der Waals surface area contributed by atoms with E-state index in [9.17, 15) is 18.0 Å². The highest BCUT2D eigenvalue weighted by Crippen LogP contribution is 2.35. The number of hydrogen-bond donors (Lipinski definition) is 1. The highest BCUT2D eigenvalue weighted by atomic mass is 35.5. The number of benzene rings is 2. The van der Waals surface area contributed by atoms with E-state index >= 15 is 0 Å². The van der Waals surface area contributed by atoms with Gasteiger partial charge in [0.2, 0.25) is 0 Å². The number of halogens is 4. The molecule has 0 radical (unpaired) electrons. The molecule has 0 saturated carbocycles. The van der Waals surface area contributed by atoms with Crippen LogP contribution in [0, 0.1) is 0 Å². The Kier molecular flexibility index (Phi) is 6.34. The van der Waals surface area contributed by atoms with Crippen molar-refractivity contribution in [2.45, 2.75) is 12.7 Å². The SMILES string of the molecule is COc1ccc(-c2cc(C(F)(F)F)n3nc(C(=O)NCc4ccccc4Cl)cc3n2)cc1OC. The molecule has 0 aliphatic carbocycles. The fourth-order valence-corrected chi connectivity index (χ4v) is 3.54. The Labute approximate surface area is 197 Å². The van der Waals surface area contributed by atoms with Gasteiger partial charge in [-0.1, -0.05) is 29.8 Å². The van der Waals surface area contributed by atoms with Gasteiger partial charge in [0.1, 0.15) is 0 Å². The van der Waals surface area contributed by atoms with Gasteiger partial charge in [-0.3, -0.25) is 4.79 Å². The summed E-state index contributed by atoms with van der Waals surface area (Å²) in [7, 11) is 2.87. The molecule has 0 aliphatic heterocycles. The van der Waals surface area contributed by atoms with Gasteiger partial charge in [0, 0.05) is 23.2 Å². The maximum atomic E-state index is 13.9.